The van der Waals surface area contributed by atoms with Crippen LogP contribution in [0.5, 0.6) is 0 Å². The summed E-state index contributed by atoms with van der Waals surface area (Å²) >= 11 is 1.30. The number of aromatic nitrogens is 1. The molecule has 1 heterocycles. The summed E-state index contributed by atoms with van der Waals surface area (Å²) in [7, 11) is 0. The summed E-state index contributed by atoms with van der Waals surface area (Å²) in [6.45, 7) is 3.93. The molecule has 6 nitrogen and oxygen atoms in total. The number of halogens is 1. The Bertz CT molecular complexity index is 733. The van der Waals surface area contributed by atoms with Gasteiger partial charge in [-0.15, -0.1) is 11.3 Å². The second kappa shape index (κ2) is 8.39. The molecule has 1 aromatic carbocycles. The summed E-state index contributed by atoms with van der Waals surface area (Å²) in [5, 5.41) is 8.01. The Labute approximate surface area is 143 Å². The maximum Gasteiger partial charge on any atom is 0.321 e. The Morgan fingerprint density at radius 3 is 2.79 bits per heavy atom. The van der Waals surface area contributed by atoms with Crippen LogP contribution in [0, 0.1) is 12.7 Å². The number of carbonyl (C=O) groups excluding carboxylic acids is 2. The van der Waals surface area contributed by atoms with Crippen LogP contribution in [0.15, 0.2) is 24.4 Å². The van der Waals surface area contributed by atoms with E-state index in [2.05, 4.69) is 20.9 Å². The number of urea groups is 1. The minimum Gasteiger partial charge on any atom is -0.355 e. The van der Waals surface area contributed by atoms with Gasteiger partial charge in [0.25, 0.3) is 0 Å². The van der Waals surface area contributed by atoms with E-state index < -0.39 is 6.03 Å². The summed E-state index contributed by atoms with van der Waals surface area (Å²) in [5.74, 6) is -0.492. The molecule has 3 amide bonds. The predicted molar refractivity (Wildman–Crippen MR) is 91.8 cm³/mol. The van der Waals surface area contributed by atoms with Gasteiger partial charge in [0.05, 0.1) is 6.54 Å². The number of thiazole rings is 1. The van der Waals surface area contributed by atoms with Crippen molar-refractivity contribution in [3.8, 4) is 0 Å². The highest BCUT2D eigenvalue weighted by molar-refractivity contribution is 7.15. The first kappa shape index (κ1) is 17.9. The summed E-state index contributed by atoms with van der Waals surface area (Å²) in [4.78, 5) is 28.0. The number of rotatable bonds is 6. The molecule has 1 aromatic heterocycles. The number of aryl methyl sites for hydroxylation is 1. The van der Waals surface area contributed by atoms with E-state index in [-0.39, 0.29) is 18.3 Å². The number of amides is 3. The number of likely N-dealkylation sites (N-methyl/N-ethyl adjacent to an activating group) is 1. The van der Waals surface area contributed by atoms with Crippen LogP contribution >= 0.6 is 11.3 Å². The molecular formula is C16H19FN4O2S. The highest BCUT2D eigenvalue weighted by Crippen LogP contribution is 2.22. The number of nitrogens with one attached hydrogen (secondary N) is 3. The zero-order valence-corrected chi connectivity index (χ0v) is 14.3. The van der Waals surface area contributed by atoms with Gasteiger partial charge in [0.2, 0.25) is 5.91 Å². The van der Waals surface area contributed by atoms with Crippen molar-refractivity contribution < 1.29 is 14.0 Å². The molecule has 8 heteroatoms. The Kier molecular flexibility index (Phi) is 6.25. The van der Waals surface area contributed by atoms with Crippen molar-refractivity contribution in [2.24, 2.45) is 0 Å². The van der Waals surface area contributed by atoms with E-state index in [1.54, 1.807) is 26.1 Å². The summed E-state index contributed by atoms with van der Waals surface area (Å²) < 4.78 is 13.6. The Hall–Kier alpha value is -2.48. The molecule has 128 valence electrons. The van der Waals surface area contributed by atoms with Gasteiger partial charge in [0.1, 0.15) is 5.82 Å². The van der Waals surface area contributed by atoms with Crippen LogP contribution < -0.4 is 16.0 Å². The molecular weight excluding hydrogens is 331 g/mol. The maximum absolute atomic E-state index is 13.6. The third kappa shape index (κ3) is 5.31. The fourth-order valence-corrected chi connectivity index (χ4v) is 2.80. The van der Waals surface area contributed by atoms with E-state index in [1.807, 2.05) is 6.07 Å². The number of benzene rings is 1. The summed E-state index contributed by atoms with van der Waals surface area (Å²) in [5.41, 5.74) is 1.45. The van der Waals surface area contributed by atoms with Gasteiger partial charge in [-0.3, -0.25) is 10.1 Å². The topological polar surface area (TPSA) is 83.1 Å². The van der Waals surface area contributed by atoms with Crippen molar-refractivity contribution in [3.63, 3.8) is 0 Å². The van der Waals surface area contributed by atoms with Crippen LogP contribution in [0.1, 0.15) is 22.9 Å². The largest absolute Gasteiger partial charge is 0.355 e. The van der Waals surface area contributed by atoms with Gasteiger partial charge in [-0.2, -0.15) is 0 Å². The van der Waals surface area contributed by atoms with Crippen molar-refractivity contribution in [1.29, 1.82) is 0 Å². The van der Waals surface area contributed by atoms with Crippen molar-refractivity contribution in [1.82, 2.24) is 15.6 Å². The first-order valence-corrected chi connectivity index (χ1v) is 8.31. The van der Waals surface area contributed by atoms with E-state index in [1.165, 1.54) is 17.4 Å². The van der Waals surface area contributed by atoms with Gasteiger partial charge in [-0.1, -0.05) is 12.1 Å². The minimum absolute atomic E-state index is 0.0967. The van der Waals surface area contributed by atoms with Gasteiger partial charge in [0, 0.05) is 24.0 Å². The average Bonchev–Trinajstić information content (AvgIpc) is 2.96. The molecule has 0 aliphatic heterocycles. The molecule has 0 aliphatic rings. The van der Waals surface area contributed by atoms with Crippen molar-refractivity contribution >= 4 is 28.4 Å². The van der Waals surface area contributed by atoms with Crippen LogP contribution in [0.2, 0.25) is 0 Å². The Morgan fingerprint density at radius 2 is 2.08 bits per heavy atom. The molecule has 2 rings (SSSR count). The lowest BCUT2D eigenvalue weighted by atomic mass is 10.1. The zero-order chi connectivity index (χ0) is 17.5. The molecule has 0 bridgehead atoms. The lowest BCUT2D eigenvalue weighted by Gasteiger charge is -2.05. The van der Waals surface area contributed by atoms with Crippen LogP contribution in [0.25, 0.3) is 0 Å². The fourth-order valence-electron chi connectivity index (χ4n) is 1.96. The molecule has 0 radical (unpaired) electrons. The molecule has 0 aliphatic carbocycles. The van der Waals surface area contributed by atoms with Gasteiger partial charge in [-0.05, 0) is 31.0 Å². The normalized spacial score (nSPS) is 10.3. The number of anilines is 1. The van der Waals surface area contributed by atoms with Crippen LogP contribution in [0.3, 0.4) is 0 Å². The average molecular weight is 350 g/mol. The highest BCUT2D eigenvalue weighted by atomic mass is 32.1. The van der Waals surface area contributed by atoms with E-state index in [4.69, 9.17) is 0 Å². The van der Waals surface area contributed by atoms with E-state index in [9.17, 15) is 14.0 Å². The standard InChI is InChI=1S/C16H19FN4O2S/c1-3-18-14(22)9-19-15(23)21-16-20-8-12(24-16)6-11-5-4-10(2)13(17)7-11/h4-5,7-8H,3,6,9H2,1-2H3,(H,18,22)(H2,19,20,21,23). The van der Waals surface area contributed by atoms with Gasteiger partial charge in [-0.25, -0.2) is 14.2 Å². The van der Waals surface area contributed by atoms with Gasteiger partial charge < -0.3 is 10.6 Å². The molecule has 0 fully saturated rings. The smallest absolute Gasteiger partial charge is 0.321 e. The molecule has 3 N–H and O–H groups in total. The summed E-state index contributed by atoms with van der Waals surface area (Å²) in [6, 6.07) is 4.61. The van der Waals surface area contributed by atoms with Gasteiger partial charge >= 0.3 is 6.03 Å². The predicted octanol–water partition coefficient (Wildman–Crippen LogP) is 2.44. The lowest BCUT2D eigenvalue weighted by molar-refractivity contribution is -0.119. The monoisotopic (exact) mass is 350 g/mol. The third-order valence-corrected chi connectivity index (χ3v) is 4.08. The Balaban J connectivity index is 1.87. The van der Waals surface area contributed by atoms with Crippen LogP contribution in [-0.4, -0.2) is 30.0 Å². The highest BCUT2D eigenvalue weighted by Gasteiger charge is 2.09. The molecule has 0 saturated heterocycles. The van der Waals surface area contributed by atoms with E-state index in [0.29, 0.717) is 23.7 Å². The second-order valence-electron chi connectivity index (χ2n) is 5.15. The van der Waals surface area contributed by atoms with Crippen LogP contribution in [0.4, 0.5) is 14.3 Å². The SMILES string of the molecule is CCNC(=O)CNC(=O)Nc1ncc(Cc2ccc(C)c(F)c2)s1. The second-order valence-corrected chi connectivity index (χ2v) is 6.27. The molecule has 0 atom stereocenters. The quantitative estimate of drug-likeness (QED) is 0.748. The third-order valence-electron chi connectivity index (χ3n) is 3.17. The first-order chi connectivity index (χ1) is 11.5. The molecule has 0 spiro atoms. The molecule has 24 heavy (non-hydrogen) atoms. The van der Waals surface area contributed by atoms with Crippen molar-refractivity contribution in [2.75, 3.05) is 18.4 Å². The number of nitrogens with zero attached hydrogens (tertiary/aromatic N) is 1. The zero-order valence-electron chi connectivity index (χ0n) is 13.5. The van der Waals surface area contributed by atoms with Crippen molar-refractivity contribution in [2.45, 2.75) is 20.3 Å². The van der Waals surface area contributed by atoms with Crippen LogP contribution in [-0.2, 0) is 11.2 Å². The fraction of sp³-hybridized carbons (Fsp3) is 0.312. The number of carbonyl (C=O) groups is 2. The van der Waals surface area contributed by atoms with Crippen molar-refractivity contribution in [3.05, 3.63) is 46.2 Å². The number of hydrogen-bond donors (Lipinski definition) is 3. The maximum atomic E-state index is 13.6. The first-order valence-electron chi connectivity index (χ1n) is 7.49. The minimum atomic E-state index is -0.497. The lowest BCUT2D eigenvalue weighted by Crippen LogP contribution is -2.38. The van der Waals surface area contributed by atoms with E-state index >= 15 is 0 Å². The molecule has 2 aromatic rings. The molecule has 0 unspecified atom stereocenters. The van der Waals surface area contributed by atoms with Gasteiger partial charge in [0.15, 0.2) is 5.13 Å². The molecule has 0 saturated carbocycles. The van der Waals surface area contributed by atoms with E-state index in [0.717, 1.165) is 10.4 Å². The number of hydrogen-bond acceptors (Lipinski definition) is 4. The summed E-state index contributed by atoms with van der Waals surface area (Å²) in [6.07, 6.45) is 2.18. The Morgan fingerprint density at radius 1 is 1.29 bits per heavy atom.